The number of rotatable bonds is 3. The summed E-state index contributed by atoms with van der Waals surface area (Å²) in [5.41, 5.74) is 3.60. The number of imidazole rings is 1. The van der Waals surface area contributed by atoms with E-state index in [1.807, 2.05) is 30.3 Å². The van der Waals surface area contributed by atoms with Crippen molar-refractivity contribution < 1.29 is 8.42 Å². The maximum Gasteiger partial charge on any atom is 0.323 e. The lowest BCUT2D eigenvalue weighted by molar-refractivity contribution is 0.591. The lowest BCUT2D eigenvalue weighted by atomic mass is 10.0. The number of hydrogen-bond acceptors (Lipinski definition) is 5. The van der Waals surface area contributed by atoms with E-state index in [9.17, 15) is 13.2 Å². The van der Waals surface area contributed by atoms with Crippen LogP contribution in [0.5, 0.6) is 0 Å². The molecule has 0 bridgehead atoms. The Labute approximate surface area is 182 Å². The normalized spacial score (nSPS) is 13.7. The van der Waals surface area contributed by atoms with E-state index in [-0.39, 0.29) is 10.6 Å². The van der Waals surface area contributed by atoms with E-state index in [2.05, 4.69) is 16.0 Å². The summed E-state index contributed by atoms with van der Waals surface area (Å²) < 4.78 is 28.4. The molecule has 154 valence electrons. The molecule has 0 saturated heterocycles. The molecule has 5 rings (SSSR count). The monoisotopic (exact) mass is 448 g/mol. The molecule has 0 aliphatic carbocycles. The molecular weight excluding hydrogens is 432 g/mol. The van der Waals surface area contributed by atoms with E-state index in [0.29, 0.717) is 34.6 Å². The summed E-state index contributed by atoms with van der Waals surface area (Å²) in [4.78, 5) is 17.8. The second kappa shape index (κ2) is 7.34. The number of benzene rings is 3. The number of aromatic nitrogens is 2. The molecule has 1 aliphatic rings. The molecule has 0 unspecified atom stereocenters. The van der Waals surface area contributed by atoms with Gasteiger partial charge >= 0.3 is 5.69 Å². The smallest absolute Gasteiger partial charge is 0.306 e. The summed E-state index contributed by atoms with van der Waals surface area (Å²) in [6.45, 7) is 0.346. The van der Waals surface area contributed by atoms with Crippen molar-refractivity contribution in [1.29, 1.82) is 5.26 Å². The Hall–Kier alpha value is -3.48. The first kappa shape index (κ1) is 19.5. The highest BCUT2D eigenvalue weighted by Crippen LogP contribution is 2.40. The van der Waals surface area contributed by atoms with Crippen LogP contribution in [0.1, 0.15) is 5.56 Å². The maximum atomic E-state index is 13.5. The molecule has 0 atom stereocenters. The molecule has 9 heteroatoms. The number of thioether (sulfide) groups is 1. The lowest BCUT2D eigenvalue weighted by Gasteiger charge is -2.30. The van der Waals surface area contributed by atoms with Crippen LogP contribution in [0.15, 0.2) is 75.2 Å². The van der Waals surface area contributed by atoms with E-state index in [1.54, 1.807) is 30.0 Å². The first-order chi connectivity index (χ1) is 15.0. The fourth-order valence-electron chi connectivity index (χ4n) is 3.66. The molecule has 0 spiro atoms. The van der Waals surface area contributed by atoms with Gasteiger partial charge in [-0.05, 0) is 53.6 Å². The second-order valence-corrected chi connectivity index (χ2v) is 10.1. The van der Waals surface area contributed by atoms with Gasteiger partial charge in [-0.1, -0.05) is 18.2 Å². The van der Waals surface area contributed by atoms with Gasteiger partial charge in [0.1, 0.15) is 0 Å². The third-order valence-corrected chi connectivity index (χ3v) is 8.05. The van der Waals surface area contributed by atoms with Gasteiger partial charge in [0.05, 0.1) is 33.2 Å². The lowest BCUT2D eigenvalue weighted by Crippen LogP contribution is -2.35. The predicted molar refractivity (Wildman–Crippen MR) is 121 cm³/mol. The van der Waals surface area contributed by atoms with Gasteiger partial charge in [0.15, 0.2) is 0 Å². The number of hydrogen-bond donors (Lipinski definition) is 2. The number of H-pyrrole nitrogens is 2. The molecule has 4 aromatic rings. The quantitative estimate of drug-likeness (QED) is 0.497. The summed E-state index contributed by atoms with van der Waals surface area (Å²) >= 11 is 1.62. The Morgan fingerprint density at radius 3 is 2.45 bits per heavy atom. The highest BCUT2D eigenvalue weighted by atomic mass is 32.2. The second-order valence-electron chi connectivity index (χ2n) is 7.08. The number of sulfonamides is 1. The van der Waals surface area contributed by atoms with Crippen molar-refractivity contribution in [2.24, 2.45) is 0 Å². The van der Waals surface area contributed by atoms with Crippen LogP contribution in [-0.4, -0.2) is 30.7 Å². The van der Waals surface area contributed by atoms with Crippen LogP contribution in [0.2, 0.25) is 0 Å². The van der Waals surface area contributed by atoms with Crippen molar-refractivity contribution in [3.63, 3.8) is 0 Å². The zero-order valence-electron chi connectivity index (χ0n) is 16.1. The number of nitriles is 1. The van der Waals surface area contributed by atoms with Gasteiger partial charge in [-0.3, -0.25) is 4.31 Å². The highest BCUT2D eigenvalue weighted by molar-refractivity contribution is 8.00. The van der Waals surface area contributed by atoms with Gasteiger partial charge < -0.3 is 9.97 Å². The maximum absolute atomic E-state index is 13.5. The van der Waals surface area contributed by atoms with Crippen LogP contribution in [0.4, 0.5) is 5.69 Å². The minimum atomic E-state index is -3.83. The molecule has 0 amide bonds. The van der Waals surface area contributed by atoms with Crippen molar-refractivity contribution in [3.8, 4) is 17.2 Å². The molecular formula is C22H16N4O3S2. The highest BCUT2D eigenvalue weighted by Gasteiger charge is 2.30. The number of fused-ring (bicyclic) bond motifs is 2. The number of nitrogens with one attached hydrogen (secondary N) is 2. The van der Waals surface area contributed by atoms with Crippen LogP contribution < -0.4 is 9.99 Å². The molecule has 0 radical (unpaired) electrons. The van der Waals surface area contributed by atoms with Crippen molar-refractivity contribution in [1.82, 2.24) is 9.97 Å². The number of nitrogens with zero attached hydrogens (tertiary/aromatic N) is 2. The summed E-state index contributed by atoms with van der Waals surface area (Å²) in [6, 6.07) is 19.6. The zero-order chi connectivity index (χ0) is 21.6. The van der Waals surface area contributed by atoms with Crippen LogP contribution in [0.3, 0.4) is 0 Å². The fraction of sp³-hybridized carbons (Fsp3) is 0.0909. The first-order valence-electron chi connectivity index (χ1n) is 9.48. The van der Waals surface area contributed by atoms with Gasteiger partial charge in [0.25, 0.3) is 10.0 Å². The van der Waals surface area contributed by atoms with Crippen LogP contribution in [0.25, 0.3) is 22.2 Å². The average molecular weight is 449 g/mol. The molecule has 0 fully saturated rings. The number of aromatic amines is 2. The molecule has 2 heterocycles. The Bertz CT molecular complexity index is 1510. The van der Waals surface area contributed by atoms with Gasteiger partial charge in [0.2, 0.25) is 0 Å². The molecule has 7 nitrogen and oxygen atoms in total. The van der Waals surface area contributed by atoms with Crippen LogP contribution >= 0.6 is 11.8 Å². The van der Waals surface area contributed by atoms with Crippen LogP contribution in [-0.2, 0) is 10.0 Å². The summed E-state index contributed by atoms with van der Waals surface area (Å²) in [5.74, 6) is 0.645. The van der Waals surface area contributed by atoms with Crippen molar-refractivity contribution in [2.75, 3.05) is 16.6 Å². The van der Waals surface area contributed by atoms with Gasteiger partial charge in [0, 0.05) is 17.2 Å². The van der Waals surface area contributed by atoms with Crippen molar-refractivity contribution in [3.05, 3.63) is 76.7 Å². The standard InChI is InChI=1S/C22H16N4O3S2/c23-13-14-1-3-15(4-2-14)16-5-8-21-20(11-16)26(9-10-30-21)31(28,29)17-6-7-18-19(12-17)25-22(27)24-18/h1-8,11-12H,9-10H2,(H2,24,25,27). The third-order valence-electron chi connectivity index (χ3n) is 5.20. The zero-order valence-corrected chi connectivity index (χ0v) is 17.8. The van der Waals surface area contributed by atoms with E-state index < -0.39 is 10.0 Å². The van der Waals surface area contributed by atoms with Crippen molar-refractivity contribution >= 4 is 38.5 Å². The van der Waals surface area contributed by atoms with Crippen LogP contribution in [0, 0.1) is 11.3 Å². The molecule has 0 saturated carbocycles. The predicted octanol–water partition coefficient (Wildman–Crippen LogP) is 3.70. The van der Waals surface area contributed by atoms with Gasteiger partial charge in [-0.2, -0.15) is 5.26 Å². The fourth-order valence-corrected chi connectivity index (χ4v) is 6.31. The summed E-state index contributed by atoms with van der Waals surface area (Å²) in [5, 5.41) is 9.01. The molecule has 1 aliphatic heterocycles. The summed E-state index contributed by atoms with van der Waals surface area (Å²) in [6.07, 6.45) is 0. The van der Waals surface area contributed by atoms with Gasteiger partial charge in [-0.15, -0.1) is 11.8 Å². The minimum absolute atomic E-state index is 0.122. The van der Waals surface area contributed by atoms with Crippen molar-refractivity contribution in [2.45, 2.75) is 9.79 Å². The summed E-state index contributed by atoms with van der Waals surface area (Å²) in [7, 11) is -3.83. The Balaban J connectivity index is 1.59. The van der Waals surface area contributed by atoms with E-state index in [4.69, 9.17) is 5.26 Å². The molecule has 2 N–H and O–H groups in total. The number of anilines is 1. The van der Waals surface area contributed by atoms with Gasteiger partial charge in [-0.25, -0.2) is 13.2 Å². The van der Waals surface area contributed by atoms with E-state index in [1.165, 1.54) is 16.4 Å². The van der Waals surface area contributed by atoms with E-state index >= 15 is 0 Å². The average Bonchev–Trinajstić information content (AvgIpc) is 3.17. The minimum Gasteiger partial charge on any atom is -0.306 e. The third kappa shape index (κ3) is 3.40. The Morgan fingerprint density at radius 1 is 0.935 bits per heavy atom. The Kier molecular flexibility index (Phi) is 4.61. The Morgan fingerprint density at radius 2 is 1.68 bits per heavy atom. The van der Waals surface area contributed by atoms with E-state index in [0.717, 1.165) is 16.0 Å². The molecule has 31 heavy (non-hydrogen) atoms. The molecule has 1 aromatic heterocycles. The topological polar surface area (TPSA) is 110 Å². The molecule has 3 aromatic carbocycles. The first-order valence-corrected chi connectivity index (χ1v) is 11.9. The largest absolute Gasteiger partial charge is 0.323 e. The SMILES string of the molecule is N#Cc1ccc(-c2ccc3c(c2)N(S(=O)(=O)c2ccc4[nH]c(=O)[nH]c4c2)CCS3)cc1.